The molecule has 0 spiro atoms. The van der Waals surface area contributed by atoms with Crippen LogP contribution in [0.3, 0.4) is 0 Å². The molecule has 1 atom stereocenters. The van der Waals surface area contributed by atoms with Gasteiger partial charge in [0.1, 0.15) is 5.54 Å². The Labute approximate surface area is 124 Å². The van der Waals surface area contributed by atoms with E-state index in [1.54, 1.807) is 0 Å². The van der Waals surface area contributed by atoms with Crippen molar-refractivity contribution >= 4 is 5.97 Å². The van der Waals surface area contributed by atoms with Crippen LogP contribution < -0.4 is 5.73 Å². The van der Waals surface area contributed by atoms with Crippen LogP contribution in [0, 0.1) is 0 Å². The molecule has 0 amide bonds. The van der Waals surface area contributed by atoms with Crippen LogP contribution in [0.2, 0.25) is 0 Å². The fourth-order valence-electron chi connectivity index (χ4n) is 2.10. The van der Waals surface area contributed by atoms with Gasteiger partial charge in [0.05, 0.1) is 6.61 Å². The molecule has 4 nitrogen and oxygen atoms in total. The molecule has 0 bridgehead atoms. The van der Waals surface area contributed by atoms with Crippen molar-refractivity contribution in [2.45, 2.75) is 57.9 Å². The molecule has 1 unspecified atom stereocenters. The standard InChI is InChI=1S/C16H32N2O2/c1-5-7-9-14-20-15(19)16(3,11-10-12-17)18(4)13-8-6-2/h6H,2,5,7-14,17H2,1,3-4H3. The summed E-state index contributed by atoms with van der Waals surface area (Å²) in [7, 11) is 1.97. The van der Waals surface area contributed by atoms with Gasteiger partial charge in [-0.2, -0.15) is 0 Å². The summed E-state index contributed by atoms with van der Waals surface area (Å²) in [5.74, 6) is -0.131. The van der Waals surface area contributed by atoms with Gasteiger partial charge in [0, 0.05) is 6.54 Å². The minimum atomic E-state index is -0.589. The van der Waals surface area contributed by atoms with Crippen molar-refractivity contribution in [3.05, 3.63) is 12.7 Å². The van der Waals surface area contributed by atoms with Crippen molar-refractivity contribution in [2.24, 2.45) is 5.73 Å². The lowest BCUT2D eigenvalue weighted by atomic mass is 9.93. The zero-order chi connectivity index (χ0) is 15.4. The Hall–Kier alpha value is -0.870. The van der Waals surface area contributed by atoms with E-state index in [2.05, 4.69) is 18.4 Å². The fourth-order valence-corrected chi connectivity index (χ4v) is 2.10. The number of esters is 1. The Morgan fingerprint density at radius 2 is 2.10 bits per heavy atom. The van der Waals surface area contributed by atoms with Gasteiger partial charge in [0.25, 0.3) is 0 Å². The number of rotatable bonds is 12. The van der Waals surface area contributed by atoms with Gasteiger partial charge in [-0.25, -0.2) is 0 Å². The second kappa shape index (κ2) is 10.9. The summed E-state index contributed by atoms with van der Waals surface area (Å²) in [5.41, 5.74) is 5.00. The normalized spacial score (nSPS) is 14.1. The Kier molecular flexibility index (Phi) is 10.4. The lowest BCUT2D eigenvalue weighted by molar-refractivity contribution is -0.157. The summed E-state index contributed by atoms with van der Waals surface area (Å²) in [6.45, 7) is 9.72. The maximum absolute atomic E-state index is 12.4. The van der Waals surface area contributed by atoms with E-state index < -0.39 is 5.54 Å². The van der Waals surface area contributed by atoms with Gasteiger partial charge in [-0.3, -0.25) is 9.69 Å². The average molecular weight is 284 g/mol. The van der Waals surface area contributed by atoms with Crippen molar-refractivity contribution in [2.75, 3.05) is 26.7 Å². The maximum Gasteiger partial charge on any atom is 0.326 e. The topological polar surface area (TPSA) is 55.6 Å². The molecule has 0 heterocycles. The first-order chi connectivity index (χ1) is 9.52. The number of unbranched alkanes of at least 4 members (excludes halogenated alkanes) is 2. The second-order valence-electron chi connectivity index (χ2n) is 5.51. The molecule has 20 heavy (non-hydrogen) atoms. The largest absolute Gasteiger partial charge is 0.464 e. The van der Waals surface area contributed by atoms with Crippen LogP contribution in [0.1, 0.15) is 52.4 Å². The highest BCUT2D eigenvalue weighted by atomic mass is 16.5. The molecule has 118 valence electrons. The minimum absolute atomic E-state index is 0.131. The minimum Gasteiger partial charge on any atom is -0.464 e. The van der Waals surface area contributed by atoms with E-state index in [1.807, 2.05) is 20.0 Å². The van der Waals surface area contributed by atoms with E-state index in [0.29, 0.717) is 13.2 Å². The molecule has 0 fully saturated rings. The highest BCUT2D eigenvalue weighted by molar-refractivity contribution is 5.80. The van der Waals surface area contributed by atoms with Crippen LogP contribution in [-0.2, 0) is 9.53 Å². The molecule has 0 aromatic carbocycles. The first-order valence-electron chi connectivity index (χ1n) is 7.72. The Bertz CT molecular complexity index is 282. The molecule has 0 radical (unpaired) electrons. The number of carbonyl (C=O) groups is 1. The Morgan fingerprint density at radius 1 is 1.40 bits per heavy atom. The van der Waals surface area contributed by atoms with Gasteiger partial charge in [-0.1, -0.05) is 25.8 Å². The van der Waals surface area contributed by atoms with Crippen LogP contribution in [0.5, 0.6) is 0 Å². The molecule has 0 aliphatic heterocycles. The number of ether oxygens (including phenoxy) is 1. The lowest BCUT2D eigenvalue weighted by Gasteiger charge is -2.36. The van der Waals surface area contributed by atoms with E-state index in [9.17, 15) is 4.79 Å². The molecule has 0 aliphatic rings. The zero-order valence-corrected chi connectivity index (χ0v) is 13.5. The van der Waals surface area contributed by atoms with Crippen molar-refractivity contribution in [1.29, 1.82) is 0 Å². The fraction of sp³-hybridized carbons (Fsp3) is 0.812. The molecular formula is C16H32N2O2. The van der Waals surface area contributed by atoms with Crippen LogP contribution in [-0.4, -0.2) is 43.2 Å². The average Bonchev–Trinajstić information content (AvgIpc) is 2.46. The van der Waals surface area contributed by atoms with Crippen LogP contribution in [0.25, 0.3) is 0 Å². The molecule has 0 rings (SSSR count). The van der Waals surface area contributed by atoms with Crippen molar-refractivity contribution in [3.63, 3.8) is 0 Å². The molecule has 0 aromatic heterocycles. The third kappa shape index (κ3) is 6.53. The number of hydrogen-bond acceptors (Lipinski definition) is 4. The molecule has 4 heteroatoms. The van der Waals surface area contributed by atoms with Crippen molar-refractivity contribution in [3.8, 4) is 0 Å². The molecule has 0 saturated carbocycles. The van der Waals surface area contributed by atoms with Crippen LogP contribution in [0.15, 0.2) is 12.7 Å². The van der Waals surface area contributed by atoms with Gasteiger partial charge < -0.3 is 10.5 Å². The maximum atomic E-state index is 12.4. The number of nitrogens with zero attached hydrogens (tertiary/aromatic N) is 1. The van der Waals surface area contributed by atoms with Crippen LogP contribution in [0.4, 0.5) is 0 Å². The lowest BCUT2D eigenvalue weighted by Crippen LogP contribution is -2.52. The van der Waals surface area contributed by atoms with E-state index >= 15 is 0 Å². The molecular weight excluding hydrogens is 252 g/mol. The van der Waals surface area contributed by atoms with Gasteiger partial charge in [0.15, 0.2) is 0 Å². The SMILES string of the molecule is C=CCCN(C)C(C)(CCCN)C(=O)OCCCCC. The van der Waals surface area contributed by atoms with E-state index in [4.69, 9.17) is 10.5 Å². The van der Waals surface area contributed by atoms with Gasteiger partial charge in [0.2, 0.25) is 0 Å². The van der Waals surface area contributed by atoms with Gasteiger partial charge in [-0.05, 0) is 46.2 Å². The number of nitrogens with two attached hydrogens (primary N) is 1. The number of hydrogen-bond donors (Lipinski definition) is 1. The summed E-state index contributed by atoms with van der Waals surface area (Å²) < 4.78 is 5.46. The smallest absolute Gasteiger partial charge is 0.326 e. The van der Waals surface area contributed by atoms with E-state index in [0.717, 1.165) is 45.1 Å². The molecule has 0 aliphatic carbocycles. The predicted molar refractivity (Wildman–Crippen MR) is 84.6 cm³/mol. The summed E-state index contributed by atoms with van der Waals surface area (Å²) in [4.78, 5) is 14.5. The quantitative estimate of drug-likeness (QED) is 0.340. The number of likely N-dealkylation sites (N-methyl/N-ethyl adjacent to an activating group) is 1. The number of carbonyl (C=O) groups excluding carboxylic acids is 1. The van der Waals surface area contributed by atoms with Crippen LogP contribution >= 0.6 is 0 Å². The Morgan fingerprint density at radius 3 is 2.65 bits per heavy atom. The van der Waals surface area contributed by atoms with Crippen molar-refractivity contribution in [1.82, 2.24) is 4.90 Å². The first-order valence-corrected chi connectivity index (χ1v) is 7.72. The summed E-state index contributed by atoms with van der Waals surface area (Å²) in [6.07, 6.45) is 7.43. The van der Waals surface area contributed by atoms with Gasteiger partial charge >= 0.3 is 5.97 Å². The molecule has 2 N–H and O–H groups in total. The molecule has 0 saturated heterocycles. The summed E-state index contributed by atoms with van der Waals surface area (Å²) in [5, 5.41) is 0. The summed E-state index contributed by atoms with van der Waals surface area (Å²) in [6, 6.07) is 0. The predicted octanol–water partition coefficient (Wildman–Crippen LogP) is 2.73. The van der Waals surface area contributed by atoms with Crippen molar-refractivity contribution < 1.29 is 9.53 Å². The third-order valence-electron chi connectivity index (χ3n) is 3.80. The highest BCUT2D eigenvalue weighted by Crippen LogP contribution is 2.22. The summed E-state index contributed by atoms with van der Waals surface area (Å²) >= 11 is 0. The first kappa shape index (κ1) is 19.1. The van der Waals surface area contributed by atoms with E-state index in [1.165, 1.54) is 0 Å². The van der Waals surface area contributed by atoms with Gasteiger partial charge in [-0.15, -0.1) is 6.58 Å². The monoisotopic (exact) mass is 284 g/mol. The zero-order valence-electron chi connectivity index (χ0n) is 13.5. The van der Waals surface area contributed by atoms with E-state index in [-0.39, 0.29) is 5.97 Å². The Balaban J connectivity index is 4.56. The third-order valence-corrected chi connectivity index (χ3v) is 3.80. The second-order valence-corrected chi connectivity index (χ2v) is 5.51. The highest BCUT2D eigenvalue weighted by Gasteiger charge is 2.37. The molecule has 0 aromatic rings.